The first-order chi connectivity index (χ1) is 10.7. The highest BCUT2D eigenvalue weighted by Crippen LogP contribution is 2.36. The fourth-order valence-electron chi connectivity index (χ4n) is 2.64. The molecule has 0 spiro atoms. The number of nitrogens with one attached hydrogen (secondary N) is 1. The predicted octanol–water partition coefficient (Wildman–Crippen LogP) is 3.03. The molecule has 23 heavy (non-hydrogen) atoms. The van der Waals surface area contributed by atoms with Crippen LogP contribution in [0.1, 0.15) is 24.4 Å². The third-order valence-corrected chi connectivity index (χ3v) is 3.99. The monoisotopic (exact) mass is 336 g/mol. The maximum Gasteiger partial charge on any atom is 0.413 e. The summed E-state index contributed by atoms with van der Waals surface area (Å²) in [6.45, 7) is 1.17. The van der Waals surface area contributed by atoms with Crippen LogP contribution >= 0.6 is 0 Å². The average molecular weight is 336 g/mol. The van der Waals surface area contributed by atoms with E-state index in [2.05, 4.69) is 0 Å². The zero-order chi connectivity index (χ0) is 17.2. The second kappa shape index (κ2) is 6.82. The summed E-state index contributed by atoms with van der Waals surface area (Å²) in [7, 11) is 1.85. The largest absolute Gasteiger partial charge is 0.413 e. The van der Waals surface area contributed by atoms with Gasteiger partial charge in [-0.3, -0.25) is 4.79 Å². The van der Waals surface area contributed by atoms with Gasteiger partial charge in [0.15, 0.2) is 6.04 Å². The summed E-state index contributed by atoms with van der Waals surface area (Å²) in [5.74, 6) is -4.10. The van der Waals surface area contributed by atoms with Crippen LogP contribution in [0.4, 0.5) is 22.0 Å². The molecule has 1 saturated heterocycles. The van der Waals surface area contributed by atoms with E-state index in [0.717, 1.165) is 18.2 Å². The molecular formula is C15H17F5N2O. The van der Waals surface area contributed by atoms with Gasteiger partial charge >= 0.3 is 6.18 Å². The van der Waals surface area contributed by atoms with Crippen LogP contribution in [0.15, 0.2) is 18.2 Å². The van der Waals surface area contributed by atoms with Gasteiger partial charge in [0.05, 0.1) is 5.56 Å². The summed E-state index contributed by atoms with van der Waals surface area (Å²) in [6, 6.07) is -0.256. The molecule has 3 nitrogen and oxygen atoms in total. The molecule has 1 N–H and O–H groups in total. The lowest BCUT2D eigenvalue weighted by Gasteiger charge is -2.30. The van der Waals surface area contributed by atoms with Crippen molar-refractivity contribution in [3.8, 4) is 0 Å². The lowest BCUT2D eigenvalue weighted by Crippen LogP contribution is -2.44. The highest BCUT2D eigenvalue weighted by molar-refractivity contribution is 5.79. The molecule has 1 aromatic rings. The first-order valence-electron chi connectivity index (χ1n) is 7.19. The molecule has 0 aromatic heterocycles. The molecule has 1 unspecified atom stereocenters. The van der Waals surface area contributed by atoms with Crippen molar-refractivity contribution in [2.45, 2.75) is 25.1 Å². The molecule has 1 amide bonds. The summed E-state index contributed by atoms with van der Waals surface area (Å²) in [4.78, 5) is 14.0. The molecule has 2 rings (SSSR count). The summed E-state index contributed by atoms with van der Waals surface area (Å²) in [6.07, 6.45) is -4.18. The molecule has 0 radical (unpaired) electrons. The van der Waals surface area contributed by atoms with E-state index in [1.165, 1.54) is 0 Å². The lowest BCUT2D eigenvalue weighted by molar-refractivity contribution is -0.166. The summed E-state index contributed by atoms with van der Waals surface area (Å²) in [5, 5.41) is 1.78. The lowest BCUT2D eigenvalue weighted by atomic mass is 9.95. The number of hydrogen-bond donors (Lipinski definition) is 1. The second-order valence-corrected chi connectivity index (χ2v) is 5.70. The SMILES string of the molecule is CN1CCC(C(=O)NC(c2c(F)cccc2F)C(F)(F)F)CC1. The van der Waals surface area contributed by atoms with Crippen molar-refractivity contribution in [2.75, 3.05) is 20.1 Å². The Labute approximate surface area is 130 Å². The van der Waals surface area contributed by atoms with E-state index in [4.69, 9.17) is 0 Å². The zero-order valence-corrected chi connectivity index (χ0v) is 12.5. The summed E-state index contributed by atoms with van der Waals surface area (Å²) >= 11 is 0. The van der Waals surface area contributed by atoms with Crippen LogP contribution in [0.3, 0.4) is 0 Å². The Balaban J connectivity index is 2.22. The van der Waals surface area contributed by atoms with E-state index in [0.29, 0.717) is 25.9 Å². The molecular weight excluding hydrogens is 319 g/mol. The van der Waals surface area contributed by atoms with E-state index in [1.54, 1.807) is 5.32 Å². The number of benzene rings is 1. The van der Waals surface area contributed by atoms with Crippen LogP contribution in [-0.4, -0.2) is 37.1 Å². The molecule has 1 aromatic carbocycles. The third-order valence-electron chi connectivity index (χ3n) is 3.99. The molecule has 0 saturated carbocycles. The van der Waals surface area contributed by atoms with Crippen LogP contribution in [0, 0.1) is 17.6 Å². The molecule has 0 bridgehead atoms. The molecule has 1 fully saturated rings. The number of rotatable bonds is 3. The quantitative estimate of drug-likeness (QED) is 0.861. The number of halogens is 5. The minimum absolute atomic E-state index is 0.409. The van der Waals surface area contributed by atoms with E-state index in [1.807, 2.05) is 11.9 Å². The molecule has 8 heteroatoms. The van der Waals surface area contributed by atoms with Crippen LogP contribution in [0.2, 0.25) is 0 Å². The highest BCUT2D eigenvalue weighted by atomic mass is 19.4. The molecule has 128 valence electrons. The van der Waals surface area contributed by atoms with E-state index in [-0.39, 0.29) is 0 Å². The molecule has 1 aliphatic heterocycles. The van der Waals surface area contributed by atoms with Gasteiger partial charge in [-0.2, -0.15) is 13.2 Å². The molecule has 1 heterocycles. The van der Waals surface area contributed by atoms with Gasteiger partial charge in [0.25, 0.3) is 0 Å². The van der Waals surface area contributed by atoms with E-state index >= 15 is 0 Å². The predicted molar refractivity (Wildman–Crippen MR) is 73.5 cm³/mol. The first kappa shape index (κ1) is 17.7. The van der Waals surface area contributed by atoms with Crippen molar-refractivity contribution in [2.24, 2.45) is 5.92 Å². The Morgan fingerprint density at radius 3 is 2.22 bits per heavy atom. The number of nitrogens with zero attached hydrogens (tertiary/aromatic N) is 1. The van der Waals surface area contributed by atoms with Crippen molar-refractivity contribution in [3.05, 3.63) is 35.4 Å². The number of likely N-dealkylation sites (tertiary alicyclic amines) is 1. The normalized spacial score (nSPS) is 18.7. The van der Waals surface area contributed by atoms with Gasteiger partial charge in [0, 0.05) is 5.92 Å². The van der Waals surface area contributed by atoms with Gasteiger partial charge in [-0.25, -0.2) is 8.78 Å². The van der Waals surface area contributed by atoms with Crippen molar-refractivity contribution in [3.63, 3.8) is 0 Å². The Kier molecular flexibility index (Phi) is 5.23. The zero-order valence-electron chi connectivity index (χ0n) is 12.5. The second-order valence-electron chi connectivity index (χ2n) is 5.70. The molecule has 1 atom stereocenters. The van der Waals surface area contributed by atoms with Gasteiger partial charge in [-0.15, -0.1) is 0 Å². The van der Waals surface area contributed by atoms with Crippen molar-refractivity contribution in [1.82, 2.24) is 10.2 Å². The number of hydrogen-bond acceptors (Lipinski definition) is 2. The minimum atomic E-state index is -5.00. The average Bonchev–Trinajstić information content (AvgIpc) is 2.45. The van der Waals surface area contributed by atoms with Crippen LogP contribution in [0.25, 0.3) is 0 Å². The number of alkyl halides is 3. The topological polar surface area (TPSA) is 32.3 Å². The summed E-state index contributed by atoms with van der Waals surface area (Å²) < 4.78 is 67.0. The number of amides is 1. The maximum atomic E-state index is 13.7. The van der Waals surface area contributed by atoms with Crippen LogP contribution < -0.4 is 5.32 Å². The van der Waals surface area contributed by atoms with Crippen LogP contribution in [-0.2, 0) is 4.79 Å². The number of piperidine rings is 1. The Bertz CT molecular complexity index is 547. The van der Waals surface area contributed by atoms with Crippen LogP contribution in [0.5, 0.6) is 0 Å². The van der Waals surface area contributed by atoms with Gasteiger partial charge in [-0.05, 0) is 45.1 Å². The Hall–Kier alpha value is -1.70. The highest BCUT2D eigenvalue weighted by Gasteiger charge is 2.45. The minimum Gasteiger partial charge on any atom is -0.340 e. The van der Waals surface area contributed by atoms with Crippen molar-refractivity contribution in [1.29, 1.82) is 0 Å². The Morgan fingerprint density at radius 1 is 1.22 bits per heavy atom. The smallest absolute Gasteiger partial charge is 0.340 e. The fourth-order valence-corrected chi connectivity index (χ4v) is 2.64. The van der Waals surface area contributed by atoms with Gasteiger partial charge in [0.2, 0.25) is 5.91 Å². The standard InChI is InChI=1S/C15H17F5N2O/c1-22-7-5-9(6-8-22)14(23)21-13(15(18,19)20)12-10(16)3-2-4-11(12)17/h2-4,9,13H,5-8H2,1H3,(H,21,23). The van der Waals surface area contributed by atoms with E-state index < -0.39 is 41.2 Å². The third kappa shape index (κ3) is 4.19. The van der Waals surface area contributed by atoms with Gasteiger partial charge < -0.3 is 10.2 Å². The van der Waals surface area contributed by atoms with Gasteiger partial charge in [-0.1, -0.05) is 6.07 Å². The van der Waals surface area contributed by atoms with Gasteiger partial charge in [0.1, 0.15) is 11.6 Å². The van der Waals surface area contributed by atoms with Crippen molar-refractivity contribution < 1.29 is 26.7 Å². The number of carbonyl (C=O) groups is 1. The van der Waals surface area contributed by atoms with E-state index in [9.17, 15) is 26.7 Å². The molecule has 0 aliphatic carbocycles. The maximum absolute atomic E-state index is 13.7. The van der Waals surface area contributed by atoms with Crippen molar-refractivity contribution >= 4 is 5.91 Å². The molecule has 1 aliphatic rings. The number of carbonyl (C=O) groups excluding carboxylic acids is 1. The first-order valence-corrected chi connectivity index (χ1v) is 7.19. The fraction of sp³-hybridized carbons (Fsp3) is 0.533. The summed E-state index contributed by atoms with van der Waals surface area (Å²) in [5.41, 5.74) is -1.18. The Morgan fingerprint density at radius 2 is 1.74 bits per heavy atom.